The fraction of sp³-hybridized carbons (Fsp3) is 0.533. The topological polar surface area (TPSA) is 36.3 Å². The van der Waals surface area contributed by atoms with Crippen molar-refractivity contribution in [2.45, 2.75) is 20.8 Å². The van der Waals surface area contributed by atoms with E-state index in [-0.39, 0.29) is 23.4 Å². The van der Waals surface area contributed by atoms with Crippen LogP contribution in [0, 0.1) is 29.0 Å². The van der Waals surface area contributed by atoms with Crippen molar-refractivity contribution < 1.29 is 9.13 Å². The Bertz CT molecular complexity index is 454. The number of benzene rings is 1. The fourth-order valence-corrected chi connectivity index (χ4v) is 1.80. The highest BCUT2D eigenvalue weighted by Crippen LogP contribution is 2.24. The van der Waals surface area contributed by atoms with E-state index < -0.39 is 0 Å². The summed E-state index contributed by atoms with van der Waals surface area (Å²) in [5.74, 6) is 0.101. The molecule has 0 spiro atoms. The Morgan fingerprint density at radius 1 is 1.42 bits per heavy atom. The molecule has 104 valence electrons. The van der Waals surface area contributed by atoms with Crippen LogP contribution in [0.3, 0.4) is 0 Å². The largest absolute Gasteiger partial charge is 0.491 e. The fourth-order valence-electron chi connectivity index (χ4n) is 1.80. The molecule has 3 nitrogen and oxygen atoms in total. The first kappa shape index (κ1) is 15.3. The highest BCUT2D eigenvalue weighted by atomic mass is 19.1. The molecule has 19 heavy (non-hydrogen) atoms. The number of nitrogens with zero attached hydrogens (tertiary/aromatic N) is 2. The van der Waals surface area contributed by atoms with E-state index >= 15 is 0 Å². The molecule has 1 aromatic carbocycles. The summed E-state index contributed by atoms with van der Waals surface area (Å²) >= 11 is 0. The van der Waals surface area contributed by atoms with Crippen LogP contribution in [-0.4, -0.2) is 20.2 Å². The highest BCUT2D eigenvalue weighted by Gasteiger charge is 2.16. The van der Waals surface area contributed by atoms with Gasteiger partial charge in [-0.3, -0.25) is 0 Å². The summed E-state index contributed by atoms with van der Waals surface area (Å²) in [6.45, 7) is 6.87. The van der Waals surface area contributed by atoms with Crippen molar-refractivity contribution in [3.8, 4) is 11.8 Å². The number of hydrogen-bond donors (Lipinski definition) is 0. The lowest BCUT2D eigenvalue weighted by molar-refractivity contribution is 0.321. The summed E-state index contributed by atoms with van der Waals surface area (Å²) in [5, 5.41) is 9.09. The van der Waals surface area contributed by atoms with Crippen LogP contribution in [0.15, 0.2) is 18.2 Å². The maximum absolute atomic E-state index is 13.8. The van der Waals surface area contributed by atoms with Gasteiger partial charge in [-0.1, -0.05) is 13.8 Å². The normalized spacial score (nSPS) is 12.1. The Kier molecular flexibility index (Phi) is 5.62. The SMILES string of the molecule is CCOc1ccc(N(C)CC(C#N)C(C)C)cc1F. The second kappa shape index (κ2) is 6.98. The summed E-state index contributed by atoms with van der Waals surface area (Å²) < 4.78 is 18.9. The Morgan fingerprint density at radius 3 is 2.58 bits per heavy atom. The molecule has 0 bridgehead atoms. The van der Waals surface area contributed by atoms with E-state index in [9.17, 15) is 4.39 Å². The molecule has 0 fully saturated rings. The third-order valence-corrected chi connectivity index (χ3v) is 3.10. The van der Waals surface area contributed by atoms with Gasteiger partial charge in [0.15, 0.2) is 11.6 Å². The van der Waals surface area contributed by atoms with Gasteiger partial charge < -0.3 is 9.64 Å². The van der Waals surface area contributed by atoms with Crippen LogP contribution in [0.1, 0.15) is 20.8 Å². The van der Waals surface area contributed by atoms with Crippen LogP contribution in [-0.2, 0) is 0 Å². The zero-order chi connectivity index (χ0) is 14.4. The molecule has 0 heterocycles. The van der Waals surface area contributed by atoms with Crippen LogP contribution < -0.4 is 9.64 Å². The average Bonchev–Trinajstić information content (AvgIpc) is 2.37. The molecular formula is C15H21FN2O. The third-order valence-electron chi connectivity index (χ3n) is 3.10. The zero-order valence-electron chi connectivity index (χ0n) is 12.0. The monoisotopic (exact) mass is 264 g/mol. The van der Waals surface area contributed by atoms with Gasteiger partial charge in [-0.25, -0.2) is 4.39 Å². The lowest BCUT2D eigenvalue weighted by atomic mass is 9.97. The number of ether oxygens (including phenoxy) is 1. The molecule has 0 aliphatic heterocycles. The Morgan fingerprint density at radius 2 is 2.11 bits per heavy atom. The Hall–Kier alpha value is -1.76. The molecule has 0 aromatic heterocycles. The van der Waals surface area contributed by atoms with E-state index in [1.54, 1.807) is 6.07 Å². The number of halogens is 1. The first-order chi connectivity index (χ1) is 8.99. The average molecular weight is 264 g/mol. The van der Waals surface area contributed by atoms with Crippen molar-refractivity contribution in [2.24, 2.45) is 11.8 Å². The van der Waals surface area contributed by atoms with E-state index in [1.807, 2.05) is 38.8 Å². The van der Waals surface area contributed by atoms with Crippen LogP contribution in [0.25, 0.3) is 0 Å². The summed E-state index contributed by atoms with van der Waals surface area (Å²) in [6, 6.07) is 7.17. The lowest BCUT2D eigenvalue weighted by Crippen LogP contribution is -2.27. The molecule has 0 saturated carbocycles. The number of hydrogen-bond acceptors (Lipinski definition) is 3. The molecule has 4 heteroatoms. The first-order valence-electron chi connectivity index (χ1n) is 6.52. The van der Waals surface area contributed by atoms with Gasteiger partial charge in [0.05, 0.1) is 18.6 Å². The molecular weight excluding hydrogens is 243 g/mol. The second-order valence-electron chi connectivity index (χ2n) is 4.91. The van der Waals surface area contributed by atoms with Gasteiger partial charge >= 0.3 is 0 Å². The summed E-state index contributed by atoms with van der Waals surface area (Å²) in [6.07, 6.45) is 0. The molecule has 1 aromatic rings. The van der Waals surface area contributed by atoms with Crippen LogP contribution in [0.5, 0.6) is 5.75 Å². The molecule has 1 rings (SSSR count). The van der Waals surface area contributed by atoms with Crippen LogP contribution in [0.4, 0.5) is 10.1 Å². The maximum atomic E-state index is 13.8. The Balaban J connectivity index is 2.80. The van der Waals surface area contributed by atoms with E-state index in [2.05, 4.69) is 6.07 Å². The number of anilines is 1. The Labute approximate surface area is 114 Å². The minimum Gasteiger partial charge on any atom is -0.491 e. The standard InChI is InChI=1S/C15H21FN2O/c1-5-19-15-7-6-13(8-14(15)16)18(4)10-12(9-17)11(2)3/h6-8,11-12H,5,10H2,1-4H3. The van der Waals surface area contributed by atoms with Crippen molar-refractivity contribution in [2.75, 3.05) is 25.1 Å². The molecule has 0 radical (unpaired) electrons. The van der Waals surface area contributed by atoms with Gasteiger partial charge in [-0.05, 0) is 25.0 Å². The maximum Gasteiger partial charge on any atom is 0.167 e. The molecule has 0 aliphatic rings. The van der Waals surface area contributed by atoms with E-state index in [4.69, 9.17) is 10.00 Å². The van der Waals surface area contributed by atoms with E-state index in [1.165, 1.54) is 6.07 Å². The van der Waals surface area contributed by atoms with Crippen molar-refractivity contribution in [3.63, 3.8) is 0 Å². The molecule has 0 aliphatic carbocycles. The quantitative estimate of drug-likeness (QED) is 0.789. The summed E-state index contributed by atoms with van der Waals surface area (Å²) in [4.78, 5) is 1.90. The van der Waals surface area contributed by atoms with E-state index in [0.717, 1.165) is 5.69 Å². The second-order valence-corrected chi connectivity index (χ2v) is 4.91. The molecule has 1 atom stereocenters. The van der Waals surface area contributed by atoms with Gasteiger partial charge in [-0.2, -0.15) is 5.26 Å². The van der Waals surface area contributed by atoms with Gasteiger partial charge in [0.2, 0.25) is 0 Å². The number of nitriles is 1. The number of rotatable bonds is 6. The zero-order valence-corrected chi connectivity index (χ0v) is 12.0. The molecule has 0 amide bonds. The first-order valence-corrected chi connectivity index (χ1v) is 6.52. The summed E-state index contributed by atoms with van der Waals surface area (Å²) in [7, 11) is 1.86. The van der Waals surface area contributed by atoms with Crippen LogP contribution in [0.2, 0.25) is 0 Å². The molecule has 0 saturated heterocycles. The molecule has 0 N–H and O–H groups in total. The van der Waals surface area contributed by atoms with Crippen molar-refractivity contribution in [1.82, 2.24) is 0 Å². The third kappa shape index (κ3) is 4.13. The van der Waals surface area contributed by atoms with Crippen molar-refractivity contribution in [1.29, 1.82) is 5.26 Å². The minimum atomic E-state index is -0.371. The van der Waals surface area contributed by atoms with Gasteiger partial charge in [0.25, 0.3) is 0 Å². The van der Waals surface area contributed by atoms with Gasteiger partial charge in [-0.15, -0.1) is 0 Å². The predicted octanol–water partition coefficient (Wildman–Crippen LogP) is 3.46. The molecule has 1 unspecified atom stereocenters. The van der Waals surface area contributed by atoms with Gasteiger partial charge in [0.1, 0.15) is 0 Å². The van der Waals surface area contributed by atoms with Crippen LogP contribution >= 0.6 is 0 Å². The summed E-state index contributed by atoms with van der Waals surface area (Å²) in [5.41, 5.74) is 0.752. The highest BCUT2D eigenvalue weighted by molar-refractivity contribution is 5.49. The van der Waals surface area contributed by atoms with Crippen molar-refractivity contribution >= 4 is 5.69 Å². The lowest BCUT2D eigenvalue weighted by Gasteiger charge is -2.24. The van der Waals surface area contributed by atoms with Gasteiger partial charge in [0, 0.05) is 25.3 Å². The van der Waals surface area contributed by atoms with Crippen molar-refractivity contribution in [3.05, 3.63) is 24.0 Å². The predicted molar refractivity (Wildman–Crippen MR) is 74.8 cm³/mol. The smallest absolute Gasteiger partial charge is 0.167 e. The minimum absolute atomic E-state index is 0.0698. The van der Waals surface area contributed by atoms with E-state index in [0.29, 0.717) is 13.2 Å².